The van der Waals surface area contributed by atoms with Gasteiger partial charge in [0.15, 0.2) is 0 Å². The molecule has 5 rings (SSSR count). The molecule has 1 aliphatic heterocycles. The predicted octanol–water partition coefficient (Wildman–Crippen LogP) is 4.12. The maximum atomic E-state index is 13.1. The molecule has 30 heavy (non-hydrogen) atoms. The summed E-state index contributed by atoms with van der Waals surface area (Å²) in [6.07, 6.45) is 2.87. The van der Waals surface area contributed by atoms with E-state index in [1.165, 1.54) is 5.69 Å². The van der Waals surface area contributed by atoms with Crippen molar-refractivity contribution in [3.05, 3.63) is 82.2 Å². The summed E-state index contributed by atoms with van der Waals surface area (Å²) in [5, 5.41) is 0.680. The molecule has 0 N–H and O–H groups in total. The van der Waals surface area contributed by atoms with Crippen molar-refractivity contribution in [2.75, 3.05) is 37.6 Å². The van der Waals surface area contributed by atoms with Crippen molar-refractivity contribution in [2.24, 2.45) is 0 Å². The Morgan fingerprint density at radius 3 is 2.40 bits per heavy atom. The van der Waals surface area contributed by atoms with Crippen LogP contribution in [0.25, 0.3) is 16.6 Å². The lowest BCUT2D eigenvalue weighted by Gasteiger charge is -2.36. The highest BCUT2D eigenvalue weighted by atomic mass is 35.5. The van der Waals surface area contributed by atoms with E-state index in [1.807, 2.05) is 45.5 Å². The highest BCUT2D eigenvalue weighted by molar-refractivity contribution is 6.31. The summed E-state index contributed by atoms with van der Waals surface area (Å²) in [5.74, 6) is 0. The Morgan fingerprint density at radius 1 is 0.800 bits per heavy atom. The topological polar surface area (TPSA) is 32.9 Å². The zero-order valence-corrected chi connectivity index (χ0v) is 17.6. The van der Waals surface area contributed by atoms with E-state index in [-0.39, 0.29) is 5.56 Å². The van der Waals surface area contributed by atoms with Gasteiger partial charge < -0.3 is 13.9 Å². The SMILES string of the molecule is O=c1c2cccn2c2cc(Cl)ccc2n1CCCN1CCN(c2ccccc2)CC1. The minimum absolute atomic E-state index is 0.0590. The number of rotatable bonds is 5. The molecule has 0 unspecified atom stereocenters. The number of anilines is 1. The van der Waals surface area contributed by atoms with E-state index >= 15 is 0 Å². The van der Waals surface area contributed by atoms with Crippen molar-refractivity contribution in [1.29, 1.82) is 0 Å². The maximum Gasteiger partial charge on any atom is 0.275 e. The second-order valence-electron chi connectivity index (χ2n) is 7.87. The Morgan fingerprint density at radius 2 is 1.60 bits per heavy atom. The standard InChI is InChI=1S/C24H25ClN4O/c25-19-9-10-21-23(18-19)28-12-4-8-22(28)24(30)29(21)13-5-11-26-14-16-27(17-15-26)20-6-2-1-3-7-20/h1-4,6-10,12,18H,5,11,13-17H2. The van der Waals surface area contributed by atoms with Crippen LogP contribution in [0.1, 0.15) is 6.42 Å². The Balaban J connectivity index is 1.28. The fourth-order valence-electron chi connectivity index (χ4n) is 4.47. The third kappa shape index (κ3) is 3.59. The molecule has 6 heteroatoms. The van der Waals surface area contributed by atoms with Crippen LogP contribution in [0.15, 0.2) is 71.7 Å². The number of hydrogen-bond acceptors (Lipinski definition) is 3. The van der Waals surface area contributed by atoms with Gasteiger partial charge in [-0.3, -0.25) is 9.69 Å². The van der Waals surface area contributed by atoms with Gasteiger partial charge in [0.05, 0.1) is 11.0 Å². The molecule has 0 bridgehead atoms. The Bertz CT molecular complexity index is 1220. The lowest BCUT2D eigenvalue weighted by molar-refractivity contribution is 0.250. The fraction of sp³-hybridized carbons (Fsp3) is 0.292. The van der Waals surface area contributed by atoms with Crippen molar-refractivity contribution in [2.45, 2.75) is 13.0 Å². The molecule has 1 aliphatic rings. The summed E-state index contributed by atoms with van der Waals surface area (Å²) in [6.45, 7) is 5.90. The lowest BCUT2D eigenvalue weighted by Crippen LogP contribution is -2.46. The number of piperazine rings is 1. The molecule has 3 heterocycles. The van der Waals surface area contributed by atoms with E-state index in [9.17, 15) is 4.79 Å². The third-order valence-corrected chi connectivity index (χ3v) is 6.29. The molecule has 5 nitrogen and oxygen atoms in total. The first-order valence-electron chi connectivity index (χ1n) is 10.5. The summed E-state index contributed by atoms with van der Waals surface area (Å²) < 4.78 is 3.84. The van der Waals surface area contributed by atoms with E-state index < -0.39 is 0 Å². The number of nitrogens with zero attached hydrogens (tertiary/aromatic N) is 4. The summed E-state index contributed by atoms with van der Waals surface area (Å²) in [4.78, 5) is 18.0. The normalized spacial score (nSPS) is 15.3. The van der Waals surface area contributed by atoms with E-state index in [2.05, 4.69) is 40.1 Å². The molecule has 1 saturated heterocycles. The average Bonchev–Trinajstić information content (AvgIpc) is 3.28. The molecule has 2 aromatic heterocycles. The van der Waals surface area contributed by atoms with Crippen LogP contribution in [0.2, 0.25) is 5.02 Å². The van der Waals surface area contributed by atoms with Gasteiger partial charge in [-0.15, -0.1) is 0 Å². The van der Waals surface area contributed by atoms with Gasteiger partial charge in [-0.05, 0) is 55.4 Å². The van der Waals surface area contributed by atoms with Gasteiger partial charge in [0.25, 0.3) is 5.56 Å². The summed E-state index contributed by atoms with van der Waals surface area (Å²) >= 11 is 6.23. The van der Waals surface area contributed by atoms with Crippen LogP contribution < -0.4 is 10.5 Å². The van der Waals surface area contributed by atoms with Gasteiger partial charge >= 0.3 is 0 Å². The van der Waals surface area contributed by atoms with Crippen LogP contribution in [0.3, 0.4) is 0 Å². The summed E-state index contributed by atoms with van der Waals surface area (Å²) in [7, 11) is 0. The lowest BCUT2D eigenvalue weighted by atomic mass is 10.2. The molecule has 0 spiro atoms. The Labute approximate surface area is 180 Å². The van der Waals surface area contributed by atoms with Crippen molar-refractivity contribution in [1.82, 2.24) is 13.9 Å². The van der Waals surface area contributed by atoms with Crippen LogP contribution in [0.5, 0.6) is 0 Å². The molecule has 0 amide bonds. The quantitative estimate of drug-likeness (QED) is 0.487. The van der Waals surface area contributed by atoms with Crippen molar-refractivity contribution < 1.29 is 0 Å². The number of aromatic nitrogens is 2. The van der Waals surface area contributed by atoms with Gasteiger partial charge in [-0.1, -0.05) is 29.8 Å². The smallest absolute Gasteiger partial charge is 0.275 e. The number of hydrogen-bond donors (Lipinski definition) is 0. The molecular weight excluding hydrogens is 396 g/mol. The van der Waals surface area contributed by atoms with Gasteiger partial charge in [0.1, 0.15) is 5.52 Å². The van der Waals surface area contributed by atoms with E-state index in [4.69, 9.17) is 11.6 Å². The number of para-hydroxylation sites is 1. The number of halogens is 1. The Hall–Kier alpha value is -2.76. The van der Waals surface area contributed by atoms with Crippen molar-refractivity contribution in [3.63, 3.8) is 0 Å². The summed E-state index contributed by atoms with van der Waals surface area (Å²) in [6, 6.07) is 20.1. The van der Waals surface area contributed by atoms with Gasteiger partial charge in [0.2, 0.25) is 0 Å². The molecule has 0 atom stereocenters. The first-order chi connectivity index (χ1) is 14.7. The average molecular weight is 421 g/mol. The van der Waals surface area contributed by atoms with Crippen LogP contribution >= 0.6 is 11.6 Å². The largest absolute Gasteiger partial charge is 0.369 e. The molecular formula is C24H25ClN4O. The number of fused-ring (bicyclic) bond motifs is 3. The van der Waals surface area contributed by atoms with Crippen LogP contribution in [-0.2, 0) is 6.54 Å². The minimum Gasteiger partial charge on any atom is -0.369 e. The zero-order chi connectivity index (χ0) is 20.5. The molecule has 154 valence electrons. The molecule has 4 aromatic rings. The first kappa shape index (κ1) is 19.2. The fourth-order valence-corrected chi connectivity index (χ4v) is 4.64. The molecule has 2 aromatic carbocycles. The third-order valence-electron chi connectivity index (χ3n) is 6.05. The second-order valence-corrected chi connectivity index (χ2v) is 8.31. The van der Waals surface area contributed by atoms with Crippen LogP contribution in [-0.4, -0.2) is 46.6 Å². The highest BCUT2D eigenvalue weighted by Gasteiger charge is 2.17. The zero-order valence-electron chi connectivity index (χ0n) is 16.9. The van der Waals surface area contributed by atoms with Crippen LogP contribution in [0.4, 0.5) is 5.69 Å². The van der Waals surface area contributed by atoms with Crippen LogP contribution in [0, 0.1) is 0 Å². The molecule has 1 fully saturated rings. The molecule has 0 saturated carbocycles. The molecule has 0 aliphatic carbocycles. The maximum absolute atomic E-state index is 13.1. The first-order valence-corrected chi connectivity index (χ1v) is 10.9. The number of aryl methyl sites for hydroxylation is 1. The highest BCUT2D eigenvalue weighted by Crippen LogP contribution is 2.20. The minimum atomic E-state index is 0.0590. The van der Waals surface area contributed by atoms with Gasteiger partial charge in [-0.2, -0.15) is 0 Å². The van der Waals surface area contributed by atoms with Gasteiger partial charge in [0, 0.05) is 49.6 Å². The molecule has 0 radical (unpaired) electrons. The van der Waals surface area contributed by atoms with Crippen molar-refractivity contribution in [3.8, 4) is 0 Å². The monoisotopic (exact) mass is 420 g/mol. The van der Waals surface area contributed by atoms with Gasteiger partial charge in [-0.25, -0.2) is 0 Å². The Kier molecular flexibility index (Phi) is 5.23. The van der Waals surface area contributed by atoms with E-state index in [1.54, 1.807) is 0 Å². The van der Waals surface area contributed by atoms with E-state index in [0.717, 1.165) is 50.2 Å². The second kappa shape index (κ2) is 8.17. The summed E-state index contributed by atoms with van der Waals surface area (Å²) in [5.41, 5.74) is 3.96. The van der Waals surface area contributed by atoms with Crippen molar-refractivity contribution >= 4 is 33.8 Å². The van der Waals surface area contributed by atoms with E-state index in [0.29, 0.717) is 17.1 Å². The number of benzene rings is 2. The predicted molar refractivity (Wildman–Crippen MR) is 124 cm³/mol.